The molecule has 9 heteroatoms. The third kappa shape index (κ3) is 9.29. The molecular weight excluding hydrogens is 530 g/mol. The molecule has 0 aliphatic carbocycles. The maximum Gasteiger partial charge on any atom is 0.249 e. The topological polar surface area (TPSA) is 102 Å². The highest BCUT2D eigenvalue weighted by Gasteiger charge is 2.40. The maximum atomic E-state index is 14.1. The Balaban J connectivity index is 2.23. The second-order valence-electron chi connectivity index (χ2n) is 14.0. The fourth-order valence-electron chi connectivity index (χ4n) is 6.19. The van der Waals surface area contributed by atoms with Crippen molar-refractivity contribution in [3.05, 3.63) is 11.6 Å². The van der Waals surface area contributed by atoms with E-state index >= 15 is 0 Å². The van der Waals surface area contributed by atoms with Crippen LogP contribution in [0.2, 0.25) is 0 Å². The van der Waals surface area contributed by atoms with Crippen LogP contribution in [0.1, 0.15) is 107 Å². The van der Waals surface area contributed by atoms with Gasteiger partial charge in [0, 0.05) is 31.8 Å². The second kappa shape index (κ2) is 15.9. The SMILES string of the molecule is CCCCNC(=O)[C@@H]1CCCN1C(=O)/C(C)=C/[C@H](C(C)C)N(C)C(=O)[C@@H](NC(=O)[C@H]1CCCCN1C(C)C)C(C)(C)C. The van der Waals surface area contributed by atoms with E-state index in [0.29, 0.717) is 25.1 Å². The zero-order valence-corrected chi connectivity index (χ0v) is 28.1. The molecule has 2 N–H and O–H groups in total. The molecule has 2 saturated heterocycles. The first-order valence-electron chi connectivity index (χ1n) is 16.2. The molecule has 2 heterocycles. The molecule has 240 valence electrons. The summed E-state index contributed by atoms with van der Waals surface area (Å²) in [5, 5.41) is 6.11. The molecule has 0 aromatic heterocycles. The average Bonchev–Trinajstić information content (AvgIpc) is 3.42. The molecule has 0 saturated carbocycles. The summed E-state index contributed by atoms with van der Waals surface area (Å²) in [7, 11) is 1.76. The summed E-state index contributed by atoms with van der Waals surface area (Å²) in [6.45, 7) is 20.1. The number of likely N-dealkylation sites (tertiary alicyclic amines) is 2. The number of carbonyl (C=O) groups is 4. The minimum absolute atomic E-state index is 0.0273. The number of unbranched alkanes of at least 4 members (excludes halogenated alkanes) is 1. The Hall–Kier alpha value is -2.42. The van der Waals surface area contributed by atoms with E-state index in [1.54, 1.807) is 23.8 Å². The molecule has 2 aliphatic rings. The van der Waals surface area contributed by atoms with Crippen molar-refractivity contribution in [1.82, 2.24) is 25.3 Å². The van der Waals surface area contributed by atoms with Crippen molar-refractivity contribution in [3.8, 4) is 0 Å². The number of piperidine rings is 1. The molecule has 2 rings (SSSR count). The summed E-state index contributed by atoms with van der Waals surface area (Å²) in [6, 6.07) is -1.52. The third-order valence-electron chi connectivity index (χ3n) is 8.79. The van der Waals surface area contributed by atoms with Crippen molar-refractivity contribution in [3.63, 3.8) is 0 Å². The molecule has 9 nitrogen and oxygen atoms in total. The smallest absolute Gasteiger partial charge is 0.249 e. The molecule has 0 spiro atoms. The van der Waals surface area contributed by atoms with Gasteiger partial charge in [0.15, 0.2) is 0 Å². The minimum Gasteiger partial charge on any atom is -0.354 e. The van der Waals surface area contributed by atoms with Crippen LogP contribution in [0.15, 0.2) is 11.6 Å². The fourth-order valence-corrected chi connectivity index (χ4v) is 6.19. The minimum atomic E-state index is -0.716. The molecule has 0 aromatic carbocycles. The first kappa shape index (κ1) is 35.8. The van der Waals surface area contributed by atoms with E-state index in [-0.39, 0.29) is 47.7 Å². The van der Waals surface area contributed by atoms with Crippen molar-refractivity contribution in [1.29, 1.82) is 0 Å². The molecule has 0 bridgehead atoms. The standard InChI is InChI=1S/C33H59N5O4/c1-11-12-18-34-29(39)25-17-15-20-38(25)31(41)24(6)21-27(22(2)3)36(10)32(42)28(33(7,8)9)35-30(40)26-16-13-14-19-37(26)23(4)5/h21-23,25-28H,11-20H2,1-10H3,(H,34,39)(H,35,40)/b24-21+/t25-,26+,27+,28+/m0/s1. The van der Waals surface area contributed by atoms with Gasteiger partial charge >= 0.3 is 0 Å². The van der Waals surface area contributed by atoms with Crippen LogP contribution in [-0.2, 0) is 19.2 Å². The number of amides is 4. The molecular formula is C33H59N5O4. The van der Waals surface area contributed by atoms with Gasteiger partial charge in [-0.2, -0.15) is 0 Å². The lowest BCUT2D eigenvalue weighted by molar-refractivity contribution is -0.142. The number of hydrogen-bond donors (Lipinski definition) is 2. The molecule has 0 unspecified atom stereocenters. The Labute approximate surface area is 255 Å². The van der Waals surface area contributed by atoms with Gasteiger partial charge in [0.25, 0.3) is 0 Å². The Morgan fingerprint density at radius 2 is 1.60 bits per heavy atom. The number of hydrogen-bond acceptors (Lipinski definition) is 5. The van der Waals surface area contributed by atoms with Crippen molar-refractivity contribution >= 4 is 23.6 Å². The Bertz CT molecular complexity index is 970. The van der Waals surface area contributed by atoms with Gasteiger partial charge < -0.3 is 20.4 Å². The lowest BCUT2D eigenvalue weighted by atomic mass is 9.84. The third-order valence-corrected chi connectivity index (χ3v) is 8.79. The van der Waals surface area contributed by atoms with Gasteiger partial charge in [-0.3, -0.25) is 24.1 Å². The first-order chi connectivity index (χ1) is 19.6. The van der Waals surface area contributed by atoms with Gasteiger partial charge in [0.2, 0.25) is 23.6 Å². The molecule has 0 aromatic rings. The van der Waals surface area contributed by atoms with E-state index in [2.05, 4.69) is 36.3 Å². The predicted molar refractivity (Wildman–Crippen MR) is 169 cm³/mol. The number of nitrogens with one attached hydrogen (secondary N) is 2. The zero-order chi connectivity index (χ0) is 31.8. The maximum absolute atomic E-state index is 14.1. The predicted octanol–water partition coefficient (Wildman–Crippen LogP) is 4.12. The van der Waals surface area contributed by atoms with Crippen molar-refractivity contribution < 1.29 is 19.2 Å². The van der Waals surface area contributed by atoms with Crippen LogP contribution >= 0.6 is 0 Å². The van der Waals surface area contributed by atoms with Gasteiger partial charge in [-0.15, -0.1) is 0 Å². The molecule has 2 aliphatic heterocycles. The van der Waals surface area contributed by atoms with Gasteiger partial charge in [0.1, 0.15) is 12.1 Å². The first-order valence-corrected chi connectivity index (χ1v) is 16.2. The summed E-state index contributed by atoms with van der Waals surface area (Å²) in [5.41, 5.74) is 0.00949. The molecule has 42 heavy (non-hydrogen) atoms. The number of carbonyl (C=O) groups excluding carboxylic acids is 4. The number of rotatable bonds is 12. The highest BCUT2D eigenvalue weighted by Crippen LogP contribution is 2.26. The zero-order valence-electron chi connectivity index (χ0n) is 28.1. The lowest BCUT2D eigenvalue weighted by Crippen LogP contribution is -2.60. The van der Waals surface area contributed by atoms with Crippen LogP contribution in [0.3, 0.4) is 0 Å². The Morgan fingerprint density at radius 3 is 2.17 bits per heavy atom. The normalized spacial score (nSPS) is 21.8. The van der Waals surface area contributed by atoms with Gasteiger partial charge in [-0.25, -0.2) is 0 Å². The summed E-state index contributed by atoms with van der Waals surface area (Å²) < 4.78 is 0. The lowest BCUT2D eigenvalue weighted by Gasteiger charge is -2.41. The monoisotopic (exact) mass is 589 g/mol. The fraction of sp³-hybridized carbons (Fsp3) is 0.818. The highest BCUT2D eigenvalue weighted by molar-refractivity contribution is 5.97. The summed E-state index contributed by atoms with van der Waals surface area (Å²) >= 11 is 0. The van der Waals surface area contributed by atoms with E-state index in [4.69, 9.17) is 0 Å². The summed E-state index contributed by atoms with van der Waals surface area (Å²) in [6.07, 6.45) is 8.08. The quantitative estimate of drug-likeness (QED) is 0.264. The highest BCUT2D eigenvalue weighted by atomic mass is 16.2. The molecule has 2 fully saturated rings. The Kier molecular flexibility index (Phi) is 13.5. The molecule has 4 amide bonds. The van der Waals surface area contributed by atoms with E-state index < -0.39 is 17.5 Å². The van der Waals surface area contributed by atoms with Gasteiger partial charge in [-0.05, 0) is 70.8 Å². The summed E-state index contributed by atoms with van der Waals surface area (Å²) in [5.74, 6) is -0.494. The van der Waals surface area contributed by atoms with E-state index in [1.807, 2.05) is 40.7 Å². The summed E-state index contributed by atoms with van der Waals surface area (Å²) in [4.78, 5) is 59.6. The second-order valence-corrected chi connectivity index (χ2v) is 14.0. The van der Waals surface area contributed by atoms with Crippen LogP contribution in [0.5, 0.6) is 0 Å². The van der Waals surface area contributed by atoms with Gasteiger partial charge in [-0.1, -0.05) is 60.5 Å². The number of likely N-dealkylation sites (N-methyl/N-ethyl adjacent to an activating group) is 1. The van der Waals surface area contributed by atoms with Crippen molar-refractivity contribution in [2.24, 2.45) is 11.3 Å². The van der Waals surface area contributed by atoms with Crippen LogP contribution in [0.4, 0.5) is 0 Å². The van der Waals surface area contributed by atoms with E-state index in [1.165, 1.54) is 0 Å². The van der Waals surface area contributed by atoms with E-state index in [0.717, 1.165) is 45.1 Å². The average molecular weight is 590 g/mol. The van der Waals surface area contributed by atoms with Crippen LogP contribution < -0.4 is 10.6 Å². The Morgan fingerprint density at radius 1 is 0.952 bits per heavy atom. The van der Waals surface area contributed by atoms with Crippen LogP contribution in [0.25, 0.3) is 0 Å². The van der Waals surface area contributed by atoms with Crippen molar-refractivity contribution in [2.45, 2.75) is 137 Å². The molecule has 0 radical (unpaired) electrons. The van der Waals surface area contributed by atoms with E-state index in [9.17, 15) is 19.2 Å². The number of nitrogens with zero attached hydrogens (tertiary/aromatic N) is 3. The van der Waals surface area contributed by atoms with Crippen LogP contribution in [0, 0.1) is 11.3 Å². The van der Waals surface area contributed by atoms with Crippen LogP contribution in [-0.4, -0.2) is 95.2 Å². The molecule has 4 atom stereocenters. The van der Waals surface area contributed by atoms with Gasteiger partial charge in [0.05, 0.1) is 12.1 Å². The largest absolute Gasteiger partial charge is 0.354 e. The van der Waals surface area contributed by atoms with Crippen molar-refractivity contribution in [2.75, 3.05) is 26.7 Å².